The van der Waals surface area contributed by atoms with Gasteiger partial charge in [0.2, 0.25) is 0 Å². The molecule has 0 bridgehead atoms. The predicted molar refractivity (Wildman–Crippen MR) is 103 cm³/mol. The molecule has 1 saturated heterocycles. The van der Waals surface area contributed by atoms with E-state index in [0.29, 0.717) is 0 Å². The molecule has 1 atom stereocenters. The Labute approximate surface area is 154 Å². The topological polar surface area (TPSA) is 35.9 Å². The first kappa shape index (κ1) is 19.7. The zero-order valence-electron chi connectivity index (χ0n) is 15.4. The minimum atomic E-state index is -0.683. The van der Waals surface area contributed by atoms with Crippen LogP contribution < -0.4 is 4.74 Å². The first-order chi connectivity index (χ1) is 11.4. The zero-order valence-corrected chi connectivity index (χ0v) is 17.0. The van der Waals surface area contributed by atoms with Crippen LogP contribution in [0.15, 0.2) is 22.7 Å². The Balaban J connectivity index is 2.27. The summed E-state index contributed by atoms with van der Waals surface area (Å²) in [5.41, 5.74) is 0.491. The number of hydrogen-bond acceptors (Lipinski definition) is 4. The number of aliphatic hydroxyl groups is 1. The second kappa shape index (κ2) is 8.65. The van der Waals surface area contributed by atoms with E-state index in [2.05, 4.69) is 58.8 Å². The Morgan fingerprint density at radius 2 is 1.83 bits per heavy atom. The Morgan fingerprint density at radius 1 is 1.21 bits per heavy atom. The van der Waals surface area contributed by atoms with E-state index in [1.165, 1.54) is 5.56 Å². The molecule has 0 spiro atoms. The zero-order chi connectivity index (χ0) is 17.7. The summed E-state index contributed by atoms with van der Waals surface area (Å²) in [6.07, 6.45) is 1.51. The van der Waals surface area contributed by atoms with Crippen molar-refractivity contribution in [3.05, 3.63) is 28.2 Å². The van der Waals surface area contributed by atoms with Crippen molar-refractivity contribution in [3.63, 3.8) is 0 Å². The van der Waals surface area contributed by atoms with Gasteiger partial charge in [-0.15, -0.1) is 0 Å². The van der Waals surface area contributed by atoms with Gasteiger partial charge in [0.25, 0.3) is 0 Å². The third-order valence-electron chi connectivity index (χ3n) is 5.49. The summed E-state index contributed by atoms with van der Waals surface area (Å²) in [5, 5.41) is 11.3. The molecule has 1 aliphatic rings. The molecule has 0 saturated carbocycles. The van der Waals surface area contributed by atoms with E-state index in [4.69, 9.17) is 4.74 Å². The maximum absolute atomic E-state index is 11.3. The van der Waals surface area contributed by atoms with Gasteiger partial charge in [0, 0.05) is 38.6 Å². The van der Waals surface area contributed by atoms with Gasteiger partial charge >= 0.3 is 0 Å². The molecular weight excluding hydrogens is 368 g/mol. The fraction of sp³-hybridized carbons (Fsp3) is 0.684. The molecule has 2 rings (SSSR count). The van der Waals surface area contributed by atoms with Gasteiger partial charge in [-0.3, -0.25) is 0 Å². The molecule has 4 nitrogen and oxygen atoms in total. The molecule has 1 fully saturated rings. The molecule has 0 aliphatic carbocycles. The van der Waals surface area contributed by atoms with E-state index in [1.54, 1.807) is 7.11 Å². The van der Waals surface area contributed by atoms with Crippen molar-refractivity contribution < 1.29 is 9.84 Å². The standard InChI is InChI=1S/C19H31BrN2O2/c1-5-19(23,6-2)16(14-22-11-9-21(3)10-12-22)15-7-8-18(24-4)17(20)13-15/h7-8,13,16,23H,5-6,9-12,14H2,1-4H3. The average molecular weight is 399 g/mol. The van der Waals surface area contributed by atoms with E-state index in [-0.39, 0.29) is 5.92 Å². The molecule has 1 unspecified atom stereocenters. The Kier molecular flexibility index (Phi) is 7.10. The highest BCUT2D eigenvalue weighted by Gasteiger charge is 2.36. The molecule has 0 radical (unpaired) electrons. The average Bonchev–Trinajstić information content (AvgIpc) is 2.60. The van der Waals surface area contributed by atoms with Gasteiger partial charge in [-0.1, -0.05) is 19.9 Å². The lowest BCUT2D eigenvalue weighted by atomic mass is 9.78. The number of likely N-dealkylation sites (N-methyl/N-ethyl adjacent to an activating group) is 1. The number of piperazine rings is 1. The highest BCUT2D eigenvalue weighted by atomic mass is 79.9. The number of rotatable bonds is 7. The van der Waals surface area contributed by atoms with E-state index in [9.17, 15) is 5.11 Å². The third kappa shape index (κ3) is 4.51. The van der Waals surface area contributed by atoms with E-state index in [1.807, 2.05) is 6.07 Å². The van der Waals surface area contributed by atoms with E-state index in [0.717, 1.165) is 55.8 Å². The van der Waals surface area contributed by atoms with Crippen LogP contribution in [-0.2, 0) is 0 Å². The molecule has 0 amide bonds. The van der Waals surface area contributed by atoms with Crippen LogP contribution in [0.1, 0.15) is 38.2 Å². The molecular formula is C19H31BrN2O2. The highest BCUT2D eigenvalue weighted by molar-refractivity contribution is 9.10. The van der Waals surface area contributed by atoms with Gasteiger partial charge < -0.3 is 19.6 Å². The summed E-state index contributed by atoms with van der Waals surface area (Å²) < 4.78 is 6.30. The molecule has 1 aromatic rings. The van der Waals surface area contributed by atoms with Crippen LogP contribution in [0.2, 0.25) is 0 Å². The highest BCUT2D eigenvalue weighted by Crippen LogP contribution is 2.37. The molecule has 1 heterocycles. The first-order valence-corrected chi connectivity index (χ1v) is 9.69. The summed E-state index contributed by atoms with van der Waals surface area (Å²) in [7, 11) is 3.85. The number of benzene rings is 1. The summed E-state index contributed by atoms with van der Waals surface area (Å²) in [4.78, 5) is 4.85. The van der Waals surface area contributed by atoms with Crippen molar-refractivity contribution >= 4 is 15.9 Å². The molecule has 1 aromatic carbocycles. The lowest BCUT2D eigenvalue weighted by Crippen LogP contribution is -2.49. The number of ether oxygens (including phenoxy) is 1. The van der Waals surface area contributed by atoms with Crippen LogP contribution in [0.4, 0.5) is 0 Å². The predicted octanol–water partition coefficient (Wildman–Crippen LogP) is 3.34. The maximum atomic E-state index is 11.3. The minimum Gasteiger partial charge on any atom is -0.496 e. The quantitative estimate of drug-likeness (QED) is 0.763. The van der Waals surface area contributed by atoms with Crippen molar-refractivity contribution in [2.45, 2.75) is 38.2 Å². The Morgan fingerprint density at radius 3 is 2.33 bits per heavy atom. The first-order valence-electron chi connectivity index (χ1n) is 8.90. The Hall–Kier alpha value is -0.620. The fourth-order valence-electron chi connectivity index (χ4n) is 3.52. The van der Waals surface area contributed by atoms with Crippen molar-refractivity contribution in [2.75, 3.05) is 46.9 Å². The maximum Gasteiger partial charge on any atom is 0.133 e. The van der Waals surface area contributed by atoms with Crippen molar-refractivity contribution in [3.8, 4) is 5.75 Å². The lowest BCUT2D eigenvalue weighted by Gasteiger charge is -2.41. The summed E-state index contributed by atoms with van der Waals surface area (Å²) in [6.45, 7) is 9.37. The number of halogens is 1. The van der Waals surface area contributed by atoms with Crippen molar-refractivity contribution in [1.29, 1.82) is 0 Å². The monoisotopic (exact) mass is 398 g/mol. The second-order valence-electron chi connectivity index (χ2n) is 6.86. The van der Waals surface area contributed by atoms with Gasteiger partial charge in [0.15, 0.2) is 0 Å². The normalized spacial score (nSPS) is 18.6. The molecule has 136 valence electrons. The van der Waals surface area contributed by atoms with Crippen LogP contribution in [0.3, 0.4) is 0 Å². The second-order valence-corrected chi connectivity index (χ2v) is 7.72. The van der Waals surface area contributed by atoms with Crippen molar-refractivity contribution in [2.24, 2.45) is 0 Å². The summed E-state index contributed by atoms with van der Waals surface area (Å²) in [6, 6.07) is 6.19. The molecule has 0 aromatic heterocycles. The number of nitrogens with zero attached hydrogens (tertiary/aromatic N) is 2. The minimum absolute atomic E-state index is 0.0955. The largest absolute Gasteiger partial charge is 0.496 e. The van der Waals surface area contributed by atoms with Crippen LogP contribution in [0.25, 0.3) is 0 Å². The smallest absolute Gasteiger partial charge is 0.133 e. The molecule has 5 heteroatoms. The third-order valence-corrected chi connectivity index (χ3v) is 6.11. The lowest BCUT2D eigenvalue weighted by molar-refractivity contribution is -0.0111. The van der Waals surface area contributed by atoms with Gasteiger partial charge in [0.05, 0.1) is 17.2 Å². The van der Waals surface area contributed by atoms with Crippen molar-refractivity contribution in [1.82, 2.24) is 9.80 Å². The van der Waals surface area contributed by atoms with E-state index < -0.39 is 5.60 Å². The fourth-order valence-corrected chi connectivity index (χ4v) is 4.07. The van der Waals surface area contributed by atoms with Crippen LogP contribution in [-0.4, -0.2) is 67.4 Å². The SMILES string of the molecule is CCC(O)(CC)C(CN1CCN(C)CC1)c1ccc(OC)c(Br)c1. The Bertz CT molecular complexity index is 526. The molecule has 1 N–H and O–H groups in total. The summed E-state index contributed by atoms with van der Waals surface area (Å²) in [5.74, 6) is 0.923. The number of methoxy groups -OCH3 is 1. The van der Waals surface area contributed by atoms with Gasteiger partial charge in [-0.05, 0) is 53.5 Å². The number of hydrogen-bond donors (Lipinski definition) is 1. The van der Waals surface area contributed by atoms with Gasteiger partial charge in [0.1, 0.15) is 5.75 Å². The van der Waals surface area contributed by atoms with E-state index >= 15 is 0 Å². The molecule has 24 heavy (non-hydrogen) atoms. The van der Waals surface area contributed by atoms with Crippen LogP contribution in [0, 0.1) is 0 Å². The van der Waals surface area contributed by atoms with Crippen LogP contribution in [0.5, 0.6) is 5.75 Å². The molecule has 1 aliphatic heterocycles. The van der Waals surface area contributed by atoms with Gasteiger partial charge in [-0.25, -0.2) is 0 Å². The van der Waals surface area contributed by atoms with Crippen LogP contribution >= 0.6 is 15.9 Å². The van der Waals surface area contributed by atoms with Gasteiger partial charge in [-0.2, -0.15) is 0 Å². The summed E-state index contributed by atoms with van der Waals surface area (Å²) >= 11 is 3.59.